The van der Waals surface area contributed by atoms with Gasteiger partial charge in [0.15, 0.2) is 5.78 Å². The molecule has 4 nitrogen and oxygen atoms in total. The summed E-state index contributed by atoms with van der Waals surface area (Å²) in [6.45, 7) is 0.737. The van der Waals surface area contributed by atoms with Crippen LogP contribution in [0.5, 0.6) is 0 Å². The minimum absolute atomic E-state index is 0.129. The lowest BCUT2D eigenvalue weighted by Gasteiger charge is -2.23. The number of benzene rings is 2. The molecule has 0 amide bonds. The van der Waals surface area contributed by atoms with Gasteiger partial charge in [0.2, 0.25) is 0 Å². The maximum atomic E-state index is 12.9. The molecular formula is C18H14F3NO3S. The first kappa shape index (κ1) is 19.5. The van der Waals surface area contributed by atoms with Crippen molar-refractivity contribution in [3.05, 3.63) is 65.7 Å². The van der Waals surface area contributed by atoms with Gasteiger partial charge in [-0.15, -0.1) is 0 Å². The number of para-hydroxylation sites is 1. The number of carbonyl (C=O) groups excluding carboxylic acids is 1. The Morgan fingerprint density at radius 3 is 2.12 bits per heavy atom. The van der Waals surface area contributed by atoms with Gasteiger partial charge in [0.25, 0.3) is 0 Å². The van der Waals surface area contributed by atoms with E-state index in [1.807, 2.05) is 0 Å². The van der Waals surface area contributed by atoms with Crippen LogP contribution in [-0.4, -0.2) is 26.3 Å². The Balaban J connectivity index is 2.31. The van der Waals surface area contributed by atoms with Crippen molar-refractivity contribution in [2.45, 2.75) is 12.4 Å². The van der Waals surface area contributed by atoms with Crippen molar-refractivity contribution in [3.63, 3.8) is 0 Å². The third kappa shape index (κ3) is 4.43. The zero-order valence-electron chi connectivity index (χ0n) is 13.6. The topological polar surface area (TPSA) is 54.5 Å². The van der Waals surface area contributed by atoms with E-state index in [1.54, 1.807) is 6.07 Å². The maximum Gasteiger partial charge on any atom is 0.516 e. The van der Waals surface area contributed by atoms with Gasteiger partial charge in [-0.1, -0.05) is 42.2 Å². The number of rotatable bonds is 4. The Labute approximate surface area is 149 Å². The average Bonchev–Trinajstić information content (AvgIpc) is 2.58. The number of sulfonamides is 1. The second kappa shape index (κ2) is 7.62. The molecule has 0 aliphatic heterocycles. The van der Waals surface area contributed by atoms with Crippen molar-refractivity contribution < 1.29 is 26.4 Å². The molecule has 2 aromatic rings. The second-order valence-corrected chi connectivity index (χ2v) is 7.08. The molecule has 26 heavy (non-hydrogen) atoms. The van der Waals surface area contributed by atoms with Gasteiger partial charge in [0.05, 0.1) is 12.2 Å². The Morgan fingerprint density at radius 2 is 1.62 bits per heavy atom. The molecule has 0 saturated heterocycles. The lowest BCUT2D eigenvalue weighted by atomic mass is 10.1. The number of hydrogen-bond acceptors (Lipinski definition) is 3. The van der Waals surface area contributed by atoms with Crippen LogP contribution in [0.3, 0.4) is 0 Å². The van der Waals surface area contributed by atoms with E-state index in [-0.39, 0.29) is 15.8 Å². The Bertz CT molecular complexity index is 941. The van der Waals surface area contributed by atoms with E-state index in [0.717, 1.165) is 0 Å². The fourth-order valence-electron chi connectivity index (χ4n) is 2.04. The zero-order chi connectivity index (χ0) is 19.4. The number of Topliss-reactive ketones (excluding diaryl/α,β-unsaturated/α-hetero) is 1. The van der Waals surface area contributed by atoms with Gasteiger partial charge in [0, 0.05) is 11.1 Å². The summed E-state index contributed by atoms with van der Waals surface area (Å²) in [5.74, 6) is 4.91. The molecule has 0 aliphatic carbocycles. The predicted octanol–water partition coefficient (Wildman–Crippen LogP) is 3.60. The highest BCUT2D eigenvalue weighted by atomic mass is 32.2. The van der Waals surface area contributed by atoms with Crippen molar-refractivity contribution in [2.24, 2.45) is 0 Å². The quantitative estimate of drug-likeness (QED) is 0.601. The van der Waals surface area contributed by atoms with Gasteiger partial charge in [-0.2, -0.15) is 21.6 Å². The number of ketones is 1. The van der Waals surface area contributed by atoms with Crippen LogP contribution in [0.25, 0.3) is 0 Å². The van der Waals surface area contributed by atoms with Crippen LogP contribution in [0.1, 0.15) is 22.8 Å². The van der Waals surface area contributed by atoms with Crippen molar-refractivity contribution in [2.75, 3.05) is 10.8 Å². The number of hydrogen-bond donors (Lipinski definition) is 0. The van der Waals surface area contributed by atoms with Crippen LogP contribution in [0.4, 0.5) is 18.9 Å². The number of anilines is 1. The molecule has 2 rings (SSSR count). The first-order valence-electron chi connectivity index (χ1n) is 7.37. The largest absolute Gasteiger partial charge is 0.516 e. The fraction of sp³-hybridized carbons (Fsp3) is 0.167. The zero-order valence-corrected chi connectivity index (χ0v) is 14.4. The summed E-state index contributed by atoms with van der Waals surface area (Å²) in [7, 11) is -5.58. The molecule has 0 spiro atoms. The van der Waals surface area contributed by atoms with Gasteiger partial charge in [-0.05, 0) is 31.2 Å². The first-order valence-corrected chi connectivity index (χ1v) is 8.81. The number of carbonyl (C=O) groups is 1. The summed E-state index contributed by atoms with van der Waals surface area (Å²) >= 11 is 0. The molecule has 0 heterocycles. The van der Waals surface area contributed by atoms with Gasteiger partial charge >= 0.3 is 15.5 Å². The molecule has 0 aromatic heterocycles. The molecule has 0 radical (unpaired) electrons. The molecule has 136 valence electrons. The summed E-state index contributed by atoms with van der Waals surface area (Å²) in [5, 5.41) is 0. The predicted molar refractivity (Wildman–Crippen MR) is 92.1 cm³/mol. The third-order valence-corrected chi connectivity index (χ3v) is 4.88. The minimum atomic E-state index is -5.58. The summed E-state index contributed by atoms with van der Waals surface area (Å²) < 4.78 is 62.6. The molecule has 8 heteroatoms. The Morgan fingerprint density at radius 1 is 1.04 bits per heavy atom. The molecule has 0 N–H and O–H groups in total. The third-order valence-electron chi connectivity index (χ3n) is 3.37. The second-order valence-electron chi connectivity index (χ2n) is 5.23. The highest BCUT2D eigenvalue weighted by Crippen LogP contribution is 2.30. The van der Waals surface area contributed by atoms with Gasteiger partial charge in [-0.3, -0.25) is 9.10 Å². The van der Waals surface area contributed by atoms with E-state index >= 15 is 0 Å². The van der Waals surface area contributed by atoms with Crippen molar-refractivity contribution in [1.82, 2.24) is 0 Å². The summed E-state index contributed by atoms with van der Waals surface area (Å²) in [4.78, 5) is 11.2. The molecule has 0 bridgehead atoms. The van der Waals surface area contributed by atoms with Gasteiger partial charge in [0.1, 0.15) is 0 Å². The lowest BCUT2D eigenvalue weighted by molar-refractivity contribution is -0.0437. The molecule has 0 saturated carbocycles. The monoisotopic (exact) mass is 381 g/mol. The standard InChI is InChI=1S/C18H14F3NO3S/c1-14(23)16-11-9-15(10-12-16)6-5-13-22(17-7-3-2-4-8-17)26(24,25)18(19,20)21/h2-4,7-12H,13H2,1H3. The molecular weight excluding hydrogens is 367 g/mol. The van der Waals surface area contributed by atoms with E-state index in [2.05, 4.69) is 11.8 Å². The number of halogens is 3. The SMILES string of the molecule is CC(=O)c1ccc(C#CCN(c2ccccc2)S(=O)(=O)C(F)(F)F)cc1. The van der Waals surface area contributed by atoms with Crippen molar-refractivity contribution in [1.29, 1.82) is 0 Å². The minimum Gasteiger partial charge on any atom is -0.295 e. The normalized spacial score (nSPS) is 11.4. The van der Waals surface area contributed by atoms with E-state index in [0.29, 0.717) is 11.1 Å². The van der Waals surface area contributed by atoms with Crippen LogP contribution in [-0.2, 0) is 10.0 Å². The molecule has 2 aromatic carbocycles. The highest BCUT2D eigenvalue weighted by Gasteiger charge is 2.50. The molecule has 0 atom stereocenters. The molecule has 0 fully saturated rings. The lowest BCUT2D eigenvalue weighted by Crippen LogP contribution is -2.41. The average molecular weight is 381 g/mol. The van der Waals surface area contributed by atoms with Crippen molar-refractivity contribution >= 4 is 21.5 Å². The van der Waals surface area contributed by atoms with Crippen LogP contribution in [0.2, 0.25) is 0 Å². The number of nitrogens with zero attached hydrogens (tertiary/aromatic N) is 1. The van der Waals surface area contributed by atoms with Crippen LogP contribution >= 0.6 is 0 Å². The first-order chi connectivity index (χ1) is 12.1. The van der Waals surface area contributed by atoms with Crippen LogP contribution in [0, 0.1) is 11.8 Å². The molecule has 0 unspecified atom stereocenters. The Kier molecular flexibility index (Phi) is 5.73. The van der Waals surface area contributed by atoms with Gasteiger partial charge < -0.3 is 0 Å². The Hall–Kier alpha value is -2.79. The molecule has 0 aliphatic rings. The van der Waals surface area contributed by atoms with E-state index in [9.17, 15) is 26.4 Å². The van der Waals surface area contributed by atoms with Crippen LogP contribution < -0.4 is 4.31 Å². The highest BCUT2D eigenvalue weighted by molar-refractivity contribution is 7.93. The van der Waals surface area contributed by atoms with Crippen molar-refractivity contribution in [3.8, 4) is 11.8 Å². The summed E-state index contributed by atoms with van der Waals surface area (Å²) in [6.07, 6.45) is 0. The summed E-state index contributed by atoms with van der Waals surface area (Å²) in [6, 6.07) is 13.1. The van der Waals surface area contributed by atoms with E-state index in [1.165, 1.54) is 55.5 Å². The van der Waals surface area contributed by atoms with E-state index in [4.69, 9.17) is 0 Å². The van der Waals surface area contributed by atoms with Gasteiger partial charge in [-0.25, -0.2) is 0 Å². The summed E-state index contributed by atoms with van der Waals surface area (Å²) in [5.41, 5.74) is -4.65. The smallest absolute Gasteiger partial charge is 0.295 e. The number of alkyl halides is 3. The maximum absolute atomic E-state index is 12.9. The van der Waals surface area contributed by atoms with E-state index < -0.39 is 22.1 Å². The fourth-order valence-corrected chi connectivity index (χ4v) is 2.92. The van der Waals surface area contributed by atoms with Crippen LogP contribution in [0.15, 0.2) is 54.6 Å².